The average molecular weight is 348 g/mol. The van der Waals surface area contributed by atoms with Gasteiger partial charge in [-0.05, 0) is 56.5 Å². The smallest absolute Gasteiger partial charge is 0.143 e. The molecule has 21 heavy (non-hydrogen) atoms. The Morgan fingerprint density at radius 1 is 1.05 bits per heavy atom. The van der Waals surface area contributed by atoms with Gasteiger partial charge in [-0.3, -0.25) is 0 Å². The van der Waals surface area contributed by atoms with Crippen molar-refractivity contribution >= 4 is 21.6 Å². The second kappa shape index (κ2) is 6.52. The van der Waals surface area contributed by atoms with Gasteiger partial charge in [0.05, 0.1) is 12.8 Å². The van der Waals surface area contributed by atoms with E-state index in [0.717, 1.165) is 21.5 Å². The third kappa shape index (κ3) is 3.59. The maximum atomic E-state index is 5.50. The molecule has 0 amide bonds. The van der Waals surface area contributed by atoms with E-state index in [0.29, 0.717) is 0 Å². The van der Waals surface area contributed by atoms with Crippen molar-refractivity contribution in [3.05, 3.63) is 57.1 Å². The number of halogens is 1. The van der Waals surface area contributed by atoms with Gasteiger partial charge in [0.1, 0.15) is 5.75 Å². The van der Waals surface area contributed by atoms with E-state index < -0.39 is 0 Å². The summed E-state index contributed by atoms with van der Waals surface area (Å²) in [6, 6.07) is 10.9. The second-order valence-electron chi connectivity index (χ2n) is 5.53. The van der Waals surface area contributed by atoms with Crippen molar-refractivity contribution in [1.82, 2.24) is 0 Å². The zero-order valence-corrected chi connectivity index (χ0v) is 14.8. The largest absolute Gasteiger partial charge is 0.495 e. The van der Waals surface area contributed by atoms with E-state index in [1.54, 1.807) is 7.11 Å². The molecule has 2 aromatic carbocycles. The highest BCUT2D eigenvalue weighted by Crippen LogP contribution is 2.35. The van der Waals surface area contributed by atoms with Crippen molar-refractivity contribution < 1.29 is 4.74 Å². The molecule has 0 saturated carbocycles. The van der Waals surface area contributed by atoms with Crippen LogP contribution in [0.15, 0.2) is 34.8 Å². The van der Waals surface area contributed by atoms with Crippen LogP contribution in [0.4, 0.5) is 5.69 Å². The van der Waals surface area contributed by atoms with Crippen LogP contribution in [0.3, 0.4) is 0 Å². The van der Waals surface area contributed by atoms with Crippen molar-refractivity contribution in [2.45, 2.75) is 33.7 Å². The number of ether oxygens (including phenoxy) is 1. The Kier molecular flexibility index (Phi) is 4.94. The fourth-order valence-electron chi connectivity index (χ4n) is 2.66. The number of benzene rings is 2. The van der Waals surface area contributed by atoms with Gasteiger partial charge in [-0.2, -0.15) is 0 Å². The van der Waals surface area contributed by atoms with E-state index in [1.165, 1.54) is 16.7 Å². The monoisotopic (exact) mass is 347 g/mol. The van der Waals surface area contributed by atoms with Gasteiger partial charge >= 0.3 is 0 Å². The molecular weight excluding hydrogens is 326 g/mol. The SMILES string of the molecule is COc1cc(Br)cc(C)c1NC(C)c1ccc(C)cc1C. The molecule has 0 spiro atoms. The molecule has 1 atom stereocenters. The number of rotatable bonds is 4. The lowest BCUT2D eigenvalue weighted by Crippen LogP contribution is -2.10. The van der Waals surface area contributed by atoms with E-state index in [2.05, 4.69) is 73.2 Å². The number of anilines is 1. The molecule has 0 fully saturated rings. The third-order valence-corrected chi connectivity index (χ3v) is 4.19. The first-order chi connectivity index (χ1) is 9.92. The summed E-state index contributed by atoms with van der Waals surface area (Å²) in [4.78, 5) is 0. The van der Waals surface area contributed by atoms with Crippen LogP contribution in [-0.4, -0.2) is 7.11 Å². The van der Waals surface area contributed by atoms with Gasteiger partial charge in [0.2, 0.25) is 0 Å². The first-order valence-corrected chi connectivity index (χ1v) is 7.89. The van der Waals surface area contributed by atoms with Gasteiger partial charge in [-0.25, -0.2) is 0 Å². The maximum absolute atomic E-state index is 5.50. The highest BCUT2D eigenvalue weighted by atomic mass is 79.9. The summed E-state index contributed by atoms with van der Waals surface area (Å²) < 4.78 is 6.53. The highest BCUT2D eigenvalue weighted by Gasteiger charge is 2.13. The number of nitrogens with one attached hydrogen (secondary N) is 1. The summed E-state index contributed by atoms with van der Waals surface area (Å²) in [6.07, 6.45) is 0. The Labute approximate surface area is 135 Å². The summed E-state index contributed by atoms with van der Waals surface area (Å²) >= 11 is 3.51. The van der Waals surface area contributed by atoms with Crippen molar-refractivity contribution in [3.63, 3.8) is 0 Å². The molecule has 2 aromatic rings. The van der Waals surface area contributed by atoms with Crippen LogP contribution in [0.5, 0.6) is 5.75 Å². The molecular formula is C18H22BrNO. The van der Waals surface area contributed by atoms with Crippen LogP contribution >= 0.6 is 15.9 Å². The normalized spacial score (nSPS) is 12.1. The minimum absolute atomic E-state index is 0.222. The molecule has 112 valence electrons. The lowest BCUT2D eigenvalue weighted by molar-refractivity contribution is 0.415. The second-order valence-corrected chi connectivity index (χ2v) is 6.44. The van der Waals surface area contributed by atoms with Gasteiger partial charge in [-0.1, -0.05) is 39.7 Å². The Bertz CT molecular complexity index is 652. The van der Waals surface area contributed by atoms with Gasteiger partial charge in [0.15, 0.2) is 0 Å². The third-order valence-electron chi connectivity index (χ3n) is 3.74. The molecule has 2 nitrogen and oxygen atoms in total. The quantitative estimate of drug-likeness (QED) is 0.781. The highest BCUT2D eigenvalue weighted by molar-refractivity contribution is 9.10. The Morgan fingerprint density at radius 3 is 2.38 bits per heavy atom. The van der Waals surface area contributed by atoms with Crippen LogP contribution in [0.2, 0.25) is 0 Å². The molecule has 0 saturated heterocycles. The van der Waals surface area contributed by atoms with Gasteiger partial charge in [-0.15, -0.1) is 0 Å². The van der Waals surface area contributed by atoms with Gasteiger partial charge < -0.3 is 10.1 Å². The number of hydrogen-bond donors (Lipinski definition) is 1. The Balaban J connectivity index is 2.33. The van der Waals surface area contributed by atoms with Crippen LogP contribution in [0, 0.1) is 20.8 Å². The van der Waals surface area contributed by atoms with Crippen LogP contribution < -0.4 is 10.1 Å². The summed E-state index contributed by atoms with van der Waals surface area (Å²) in [6.45, 7) is 8.55. The standard InChI is InChI=1S/C18H22BrNO/c1-11-6-7-16(12(2)8-11)14(4)20-18-13(3)9-15(19)10-17(18)21-5/h6-10,14,20H,1-5H3. The fourth-order valence-corrected chi connectivity index (χ4v) is 3.22. The van der Waals surface area contributed by atoms with E-state index >= 15 is 0 Å². The van der Waals surface area contributed by atoms with Crippen LogP contribution in [0.1, 0.15) is 35.2 Å². The Hall–Kier alpha value is -1.48. The van der Waals surface area contributed by atoms with Gasteiger partial charge in [0.25, 0.3) is 0 Å². The van der Waals surface area contributed by atoms with Crippen molar-refractivity contribution in [2.75, 3.05) is 12.4 Å². The van der Waals surface area contributed by atoms with Crippen LogP contribution in [-0.2, 0) is 0 Å². The predicted molar refractivity (Wildman–Crippen MR) is 93.4 cm³/mol. The summed E-state index contributed by atoms with van der Waals surface area (Å²) in [5.41, 5.74) is 6.13. The first-order valence-electron chi connectivity index (χ1n) is 7.10. The minimum Gasteiger partial charge on any atom is -0.495 e. The molecule has 2 rings (SSSR count). The molecule has 0 aromatic heterocycles. The van der Waals surface area contributed by atoms with Gasteiger partial charge in [0, 0.05) is 10.5 Å². The molecule has 0 bridgehead atoms. The van der Waals surface area contributed by atoms with E-state index in [9.17, 15) is 0 Å². The minimum atomic E-state index is 0.222. The lowest BCUT2D eigenvalue weighted by Gasteiger charge is -2.21. The number of aryl methyl sites for hydroxylation is 3. The molecule has 0 heterocycles. The van der Waals surface area contributed by atoms with E-state index in [-0.39, 0.29) is 6.04 Å². The Morgan fingerprint density at radius 2 is 1.76 bits per heavy atom. The maximum Gasteiger partial charge on any atom is 0.143 e. The molecule has 3 heteroatoms. The summed E-state index contributed by atoms with van der Waals surface area (Å²) in [7, 11) is 1.70. The number of hydrogen-bond acceptors (Lipinski definition) is 2. The van der Waals surface area contributed by atoms with E-state index in [1.807, 2.05) is 6.07 Å². The molecule has 0 aliphatic heterocycles. The summed E-state index contributed by atoms with van der Waals surface area (Å²) in [5, 5.41) is 3.59. The molecule has 1 N–H and O–H groups in total. The zero-order valence-electron chi connectivity index (χ0n) is 13.3. The molecule has 0 aliphatic carbocycles. The fraction of sp³-hybridized carbons (Fsp3) is 0.333. The van der Waals surface area contributed by atoms with Crippen molar-refractivity contribution in [1.29, 1.82) is 0 Å². The average Bonchev–Trinajstić information content (AvgIpc) is 2.41. The molecule has 0 radical (unpaired) electrons. The van der Waals surface area contributed by atoms with Crippen LogP contribution in [0.25, 0.3) is 0 Å². The zero-order chi connectivity index (χ0) is 15.6. The predicted octanol–water partition coefficient (Wildman–Crippen LogP) is 5.56. The number of methoxy groups -OCH3 is 1. The van der Waals surface area contributed by atoms with Crippen molar-refractivity contribution in [3.8, 4) is 5.75 Å². The van der Waals surface area contributed by atoms with Crippen molar-refractivity contribution in [2.24, 2.45) is 0 Å². The first kappa shape index (κ1) is 15.9. The summed E-state index contributed by atoms with van der Waals surface area (Å²) in [5.74, 6) is 0.860. The molecule has 1 unspecified atom stereocenters. The topological polar surface area (TPSA) is 21.3 Å². The lowest BCUT2D eigenvalue weighted by atomic mass is 9.99. The van der Waals surface area contributed by atoms with E-state index in [4.69, 9.17) is 4.74 Å². The molecule has 0 aliphatic rings.